The topological polar surface area (TPSA) is 118 Å². The van der Waals surface area contributed by atoms with Gasteiger partial charge in [-0.2, -0.15) is 5.10 Å². The van der Waals surface area contributed by atoms with Gasteiger partial charge in [0, 0.05) is 18.4 Å². The monoisotopic (exact) mass is 246 g/mol. The zero-order valence-electron chi connectivity index (χ0n) is 9.02. The summed E-state index contributed by atoms with van der Waals surface area (Å²) in [4.78, 5) is 11.5. The number of amides is 1. The Morgan fingerprint density at radius 3 is 2.75 bits per heavy atom. The van der Waals surface area contributed by atoms with Crippen LogP contribution in [0.1, 0.15) is 17.4 Å². The van der Waals surface area contributed by atoms with Gasteiger partial charge in [-0.05, 0) is 6.92 Å². The number of nitrogens with two attached hydrogens (primary N) is 1. The third-order valence-corrected chi connectivity index (χ3v) is 2.88. The summed E-state index contributed by atoms with van der Waals surface area (Å²) in [7, 11) is -3.11. The smallest absolute Gasteiger partial charge is 0.269 e. The molecule has 7 nitrogen and oxygen atoms in total. The maximum absolute atomic E-state index is 11.5. The van der Waals surface area contributed by atoms with Gasteiger partial charge in [0.15, 0.2) is 0 Å². The van der Waals surface area contributed by atoms with Crippen LogP contribution in [0.4, 0.5) is 5.82 Å². The zero-order chi connectivity index (χ0) is 12.3. The minimum atomic E-state index is -3.11. The van der Waals surface area contributed by atoms with Crippen LogP contribution in [0.5, 0.6) is 0 Å². The molecule has 4 N–H and O–H groups in total. The molecule has 0 spiro atoms. The predicted octanol–water partition coefficient (Wildman–Crippen LogP) is -0.845. The van der Waals surface area contributed by atoms with Crippen LogP contribution in [0.3, 0.4) is 0 Å². The fourth-order valence-corrected chi connectivity index (χ4v) is 2.24. The molecular formula is C8H14N4O3S. The van der Waals surface area contributed by atoms with Crippen LogP contribution in [0.2, 0.25) is 0 Å². The van der Waals surface area contributed by atoms with E-state index in [1.165, 1.54) is 6.07 Å². The van der Waals surface area contributed by atoms with E-state index in [0.717, 1.165) is 6.26 Å². The molecule has 0 aromatic carbocycles. The van der Waals surface area contributed by atoms with Gasteiger partial charge < -0.3 is 11.1 Å². The number of carbonyl (C=O) groups excluding carboxylic acids is 1. The summed E-state index contributed by atoms with van der Waals surface area (Å²) < 4.78 is 21.9. The van der Waals surface area contributed by atoms with Gasteiger partial charge in [-0.1, -0.05) is 0 Å². The molecule has 1 atom stereocenters. The van der Waals surface area contributed by atoms with Crippen molar-refractivity contribution in [3.8, 4) is 0 Å². The Morgan fingerprint density at radius 1 is 1.69 bits per heavy atom. The molecule has 1 unspecified atom stereocenters. The predicted molar refractivity (Wildman–Crippen MR) is 59.6 cm³/mol. The summed E-state index contributed by atoms with van der Waals surface area (Å²) in [5.74, 6) is -0.330. The Kier molecular flexibility index (Phi) is 3.53. The maximum atomic E-state index is 11.5. The summed E-state index contributed by atoms with van der Waals surface area (Å²) >= 11 is 0. The summed E-state index contributed by atoms with van der Waals surface area (Å²) in [5, 5.41) is 8.55. The molecule has 1 aromatic rings. The van der Waals surface area contributed by atoms with Crippen molar-refractivity contribution in [3.63, 3.8) is 0 Å². The lowest BCUT2D eigenvalue weighted by Gasteiger charge is -2.11. The first-order valence-electron chi connectivity index (χ1n) is 4.57. The molecule has 0 fully saturated rings. The third kappa shape index (κ3) is 3.89. The van der Waals surface area contributed by atoms with Crippen LogP contribution in [-0.2, 0) is 9.84 Å². The number of carbonyl (C=O) groups is 1. The van der Waals surface area contributed by atoms with E-state index in [0.29, 0.717) is 0 Å². The summed E-state index contributed by atoms with van der Waals surface area (Å²) in [6.45, 7) is 1.61. The van der Waals surface area contributed by atoms with Crippen molar-refractivity contribution >= 4 is 21.6 Å². The van der Waals surface area contributed by atoms with Crippen LogP contribution >= 0.6 is 0 Å². The van der Waals surface area contributed by atoms with E-state index in [9.17, 15) is 13.2 Å². The molecule has 90 valence electrons. The quantitative estimate of drug-likeness (QED) is 0.640. The normalized spacial score (nSPS) is 13.4. The minimum Gasteiger partial charge on any atom is -0.382 e. The molecule has 0 saturated carbocycles. The van der Waals surface area contributed by atoms with Crippen LogP contribution in [-0.4, -0.2) is 42.6 Å². The van der Waals surface area contributed by atoms with Crippen molar-refractivity contribution < 1.29 is 13.2 Å². The lowest BCUT2D eigenvalue weighted by molar-refractivity contribution is 0.0938. The number of H-pyrrole nitrogens is 1. The number of nitrogens with zero attached hydrogens (tertiary/aromatic N) is 1. The van der Waals surface area contributed by atoms with Crippen molar-refractivity contribution in [2.45, 2.75) is 13.0 Å². The fraction of sp³-hybridized carbons (Fsp3) is 0.500. The van der Waals surface area contributed by atoms with E-state index in [1.807, 2.05) is 0 Å². The van der Waals surface area contributed by atoms with Crippen LogP contribution < -0.4 is 11.1 Å². The van der Waals surface area contributed by atoms with Gasteiger partial charge in [-0.25, -0.2) is 8.42 Å². The van der Waals surface area contributed by atoms with Crippen LogP contribution in [0, 0.1) is 0 Å². The SMILES string of the molecule is CC(CS(C)(=O)=O)NC(=O)c1cc(N)n[nH]1. The molecule has 0 bridgehead atoms. The first-order valence-corrected chi connectivity index (χ1v) is 6.63. The number of sulfone groups is 1. The van der Waals surface area contributed by atoms with Gasteiger partial charge >= 0.3 is 0 Å². The molecule has 1 aromatic heterocycles. The second kappa shape index (κ2) is 4.52. The third-order valence-electron chi connectivity index (χ3n) is 1.77. The molecule has 1 amide bonds. The molecule has 0 radical (unpaired) electrons. The second-order valence-electron chi connectivity index (χ2n) is 3.67. The zero-order valence-corrected chi connectivity index (χ0v) is 9.84. The van der Waals surface area contributed by atoms with E-state index < -0.39 is 21.8 Å². The standard InChI is InChI=1S/C8H14N4O3S/c1-5(4-16(2,14)15)10-8(13)6-3-7(9)12-11-6/h3,5H,4H2,1-2H3,(H,10,13)(H3,9,11,12). The van der Waals surface area contributed by atoms with Gasteiger partial charge in [-0.15, -0.1) is 0 Å². The van der Waals surface area contributed by atoms with Gasteiger partial charge in [0.2, 0.25) is 0 Å². The number of hydrogen-bond acceptors (Lipinski definition) is 5. The Morgan fingerprint density at radius 2 is 2.31 bits per heavy atom. The lowest BCUT2D eigenvalue weighted by Crippen LogP contribution is -2.37. The van der Waals surface area contributed by atoms with Crippen molar-refractivity contribution in [3.05, 3.63) is 11.8 Å². The van der Waals surface area contributed by atoms with Gasteiger partial charge in [0.1, 0.15) is 21.3 Å². The number of nitrogen functional groups attached to an aromatic ring is 1. The van der Waals surface area contributed by atoms with E-state index in [2.05, 4.69) is 15.5 Å². The van der Waals surface area contributed by atoms with Gasteiger partial charge in [0.05, 0.1) is 5.75 Å². The van der Waals surface area contributed by atoms with Crippen molar-refractivity contribution in [1.29, 1.82) is 0 Å². The van der Waals surface area contributed by atoms with Crippen LogP contribution in [0.15, 0.2) is 6.07 Å². The number of aromatic amines is 1. The minimum absolute atomic E-state index is 0.109. The molecule has 1 rings (SSSR count). The number of anilines is 1. The van der Waals surface area contributed by atoms with E-state index >= 15 is 0 Å². The van der Waals surface area contributed by atoms with Crippen molar-refractivity contribution in [1.82, 2.24) is 15.5 Å². The molecule has 16 heavy (non-hydrogen) atoms. The largest absolute Gasteiger partial charge is 0.382 e. The average molecular weight is 246 g/mol. The second-order valence-corrected chi connectivity index (χ2v) is 5.86. The highest BCUT2D eigenvalue weighted by Gasteiger charge is 2.15. The number of rotatable bonds is 4. The first-order chi connectivity index (χ1) is 7.28. The van der Waals surface area contributed by atoms with Crippen LogP contribution in [0.25, 0.3) is 0 Å². The van der Waals surface area contributed by atoms with Crippen molar-refractivity contribution in [2.75, 3.05) is 17.7 Å². The van der Waals surface area contributed by atoms with Gasteiger partial charge in [0.25, 0.3) is 5.91 Å². The molecule has 1 heterocycles. The molecule has 0 aliphatic rings. The molecular weight excluding hydrogens is 232 g/mol. The number of hydrogen-bond donors (Lipinski definition) is 3. The molecule has 0 aliphatic heterocycles. The first kappa shape index (κ1) is 12.5. The Hall–Kier alpha value is -1.57. The Balaban J connectivity index is 2.58. The fourth-order valence-electron chi connectivity index (χ4n) is 1.25. The van der Waals surface area contributed by atoms with E-state index in [-0.39, 0.29) is 17.3 Å². The lowest BCUT2D eigenvalue weighted by atomic mass is 10.3. The highest BCUT2D eigenvalue weighted by molar-refractivity contribution is 7.90. The average Bonchev–Trinajstić information content (AvgIpc) is 2.47. The summed E-state index contributed by atoms with van der Waals surface area (Å²) in [6, 6.07) is 0.912. The molecule has 0 saturated heterocycles. The Bertz CT molecular complexity index is 479. The summed E-state index contributed by atoms with van der Waals surface area (Å²) in [5.41, 5.74) is 5.54. The van der Waals surface area contributed by atoms with Crippen molar-refractivity contribution in [2.24, 2.45) is 0 Å². The molecule has 8 heteroatoms. The summed E-state index contributed by atoms with van der Waals surface area (Å²) in [6.07, 6.45) is 1.11. The highest BCUT2D eigenvalue weighted by atomic mass is 32.2. The highest BCUT2D eigenvalue weighted by Crippen LogP contribution is 2.01. The number of aromatic nitrogens is 2. The van der Waals surface area contributed by atoms with E-state index in [1.54, 1.807) is 6.92 Å². The molecule has 0 aliphatic carbocycles. The number of nitrogens with one attached hydrogen (secondary N) is 2. The van der Waals surface area contributed by atoms with E-state index in [4.69, 9.17) is 5.73 Å². The van der Waals surface area contributed by atoms with Gasteiger partial charge in [-0.3, -0.25) is 9.89 Å². The maximum Gasteiger partial charge on any atom is 0.269 e. The Labute approximate surface area is 93.3 Å².